The first kappa shape index (κ1) is 11.0. The van der Waals surface area contributed by atoms with Gasteiger partial charge < -0.3 is 10.1 Å². The summed E-state index contributed by atoms with van der Waals surface area (Å²) in [7, 11) is 1.67. The van der Waals surface area contributed by atoms with Gasteiger partial charge >= 0.3 is 0 Å². The van der Waals surface area contributed by atoms with Gasteiger partial charge in [-0.2, -0.15) is 0 Å². The van der Waals surface area contributed by atoms with Gasteiger partial charge in [0.15, 0.2) is 0 Å². The molecule has 0 atom stereocenters. The number of ether oxygens (including phenoxy) is 1. The van der Waals surface area contributed by atoms with Crippen molar-refractivity contribution in [2.24, 2.45) is 0 Å². The maximum Gasteiger partial charge on any atom is 0.120 e. The van der Waals surface area contributed by atoms with Crippen LogP contribution in [0.1, 0.15) is 9.88 Å². The molecule has 0 radical (unpaired) electrons. The van der Waals surface area contributed by atoms with Crippen molar-refractivity contribution in [2.45, 2.75) is 13.5 Å². The lowest BCUT2D eigenvalue weighted by molar-refractivity contribution is 0.415. The zero-order valence-electron chi connectivity index (χ0n) is 9.36. The molecule has 0 aliphatic carbocycles. The molecule has 0 saturated heterocycles. The molecule has 1 aromatic heterocycles. The van der Waals surface area contributed by atoms with Crippen LogP contribution in [0.4, 0.5) is 5.69 Å². The number of methoxy groups -OCH3 is 1. The highest BCUT2D eigenvalue weighted by Crippen LogP contribution is 2.18. The normalized spacial score (nSPS) is 10.1. The van der Waals surface area contributed by atoms with Crippen LogP contribution in [-0.4, -0.2) is 12.1 Å². The summed E-state index contributed by atoms with van der Waals surface area (Å²) in [6.07, 6.45) is 1.91. The van der Waals surface area contributed by atoms with E-state index in [0.717, 1.165) is 23.0 Å². The van der Waals surface area contributed by atoms with Crippen molar-refractivity contribution in [3.63, 3.8) is 0 Å². The van der Waals surface area contributed by atoms with Crippen LogP contribution in [-0.2, 0) is 6.54 Å². The Hall–Kier alpha value is -1.55. The third-order valence-corrected chi connectivity index (χ3v) is 3.12. The van der Waals surface area contributed by atoms with E-state index in [-0.39, 0.29) is 0 Å². The van der Waals surface area contributed by atoms with Gasteiger partial charge in [-0.15, -0.1) is 11.3 Å². The predicted octanol–water partition coefficient (Wildman–Crippen LogP) is 3.07. The zero-order valence-corrected chi connectivity index (χ0v) is 10.2. The van der Waals surface area contributed by atoms with Crippen LogP contribution in [0.2, 0.25) is 0 Å². The molecule has 4 heteroatoms. The second kappa shape index (κ2) is 4.99. The van der Waals surface area contributed by atoms with Gasteiger partial charge in [0.05, 0.1) is 18.7 Å². The van der Waals surface area contributed by atoms with Gasteiger partial charge in [-0.1, -0.05) is 6.07 Å². The molecular weight excluding hydrogens is 220 g/mol. The number of hydrogen-bond donors (Lipinski definition) is 1. The third-order valence-electron chi connectivity index (χ3n) is 2.21. The quantitative estimate of drug-likeness (QED) is 0.882. The van der Waals surface area contributed by atoms with Gasteiger partial charge in [-0.05, 0) is 19.1 Å². The van der Waals surface area contributed by atoms with Crippen molar-refractivity contribution in [3.05, 3.63) is 40.3 Å². The van der Waals surface area contributed by atoms with E-state index in [2.05, 4.69) is 10.3 Å². The fourth-order valence-electron chi connectivity index (χ4n) is 1.41. The van der Waals surface area contributed by atoms with Gasteiger partial charge in [0.25, 0.3) is 0 Å². The molecule has 1 aromatic carbocycles. The summed E-state index contributed by atoms with van der Waals surface area (Å²) in [5, 5.41) is 4.44. The molecule has 84 valence electrons. The number of nitrogens with zero attached hydrogens (tertiary/aromatic N) is 1. The standard InChI is InChI=1S/C12H14N2OS/c1-9-13-7-12(16-9)8-14-10-4-3-5-11(6-10)15-2/h3-7,14H,8H2,1-2H3. The molecule has 0 unspecified atom stereocenters. The molecule has 2 rings (SSSR count). The highest BCUT2D eigenvalue weighted by atomic mass is 32.1. The first-order chi connectivity index (χ1) is 7.78. The fourth-order valence-corrected chi connectivity index (χ4v) is 2.14. The number of benzene rings is 1. The highest BCUT2D eigenvalue weighted by molar-refractivity contribution is 7.11. The van der Waals surface area contributed by atoms with Crippen molar-refractivity contribution in [1.82, 2.24) is 4.98 Å². The van der Waals surface area contributed by atoms with Gasteiger partial charge in [0.2, 0.25) is 0 Å². The third kappa shape index (κ3) is 2.73. The molecular formula is C12H14N2OS. The average Bonchev–Trinajstić information content (AvgIpc) is 2.73. The molecule has 2 aromatic rings. The van der Waals surface area contributed by atoms with Crippen LogP contribution in [0.15, 0.2) is 30.5 Å². The summed E-state index contributed by atoms with van der Waals surface area (Å²) < 4.78 is 5.16. The Balaban J connectivity index is 1.99. The number of rotatable bonds is 4. The molecule has 0 amide bonds. The highest BCUT2D eigenvalue weighted by Gasteiger charge is 1.99. The van der Waals surface area contributed by atoms with E-state index in [1.54, 1.807) is 18.4 Å². The first-order valence-electron chi connectivity index (χ1n) is 5.07. The minimum absolute atomic E-state index is 0.804. The smallest absolute Gasteiger partial charge is 0.120 e. The maximum atomic E-state index is 5.16. The summed E-state index contributed by atoms with van der Waals surface area (Å²) in [5.74, 6) is 0.866. The second-order valence-electron chi connectivity index (χ2n) is 3.43. The molecule has 0 bridgehead atoms. The van der Waals surface area contributed by atoms with Crippen LogP contribution >= 0.6 is 11.3 Å². The minimum atomic E-state index is 0.804. The summed E-state index contributed by atoms with van der Waals surface area (Å²) in [4.78, 5) is 5.45. The molecule has 1 N–H and O–H groups in total. The monoisotopic (exact) mass is 234 g/mol. The lowest BCUT2D eigenvalue weighted by Crippen LogP contribution is -1.97. The fraction of sp³-hybridized carbons (Fsp3) is 0.250. The Labute approximate surface area is 99.1 Å². The van der Waals surface area contributed by atoms with E-state index in [4.69, 9.17) is 4.74 Å². The molecule has 3 nitrogen and oxygen atoms in total. The zero-order chi connectivity index (χ0) is 11.4. The van der Waals surface area contributed by atoms with E-state index >= 15 is 0 Å². The largest absolute Gasteiger partial charge is 0.497 e. The Kier molecular flexibility index (Phi) is 3.41. The molecule has 16 heavy (non-hydrogen) atoms. The Morgan fingerprint density at radius 2 is 2.31 bits per heavy atom. The van der Waals surface area contributed by atoms with E-state index in [0.29, 0.717) is 0 Å². The number of aryl methyl sites for hydroxylation is 1. The number of thiazole rings is 1. The maximum absolute atomic E-state index is 5.16. The van der Waals surface area contributed by atoms with Crippen LogP contribution in [0.25, 0.3) is 0 Å². The average molecular weight is 234 g/mol. The second-order valence-corrected chi connectivity index (χ2v) is 4.75. The summed E-state index contributed by atoms with van der Waals surface area (Å²) in [6, 6.07) is 7.91. The van der Waals surface area contributed by atoms with E-state index < -0.39 is 0 Å². The first-order valence-corrected chi connectivity index (χ1v) is 5.89. The Bertz CT molecular complexity index is 468. The number of hydrogen-bond acceptors (Lipinski definition) is 4. The Morgan fingerprint density at radius 3 is 3.00 bits per heavy atom. The number of aromatic nitrogens is 1. The van der Waals surface area contributed by atoms with Crippen LogP contribution in [0, 0.1) is 6.92 Å². The molecule has 0 saturated carbocycles. The summed E-state index contributed by atoms with van der Waals surface area (Å²) >= 11 is 1.71. The molecule has 0 aliphatic rings. The lowest BCUT2D eigenvalue weighted by Gasteiger charge is -2.06. The van der Waals surface area contributed by atoms with Gasteiger partial charge in [0, 0.05) is 22.8 Å². The van der Waals surface area contributed by atoms with Gasteiger partial charge in [0.1, 0.15) is 5.75 Å². The van der Waals surface area contributed by atoms with E-state index in [1.165, 1.54) is 4.88 Å². The van der Waals surface area contributed by atoms with Crippen LogP contribution in [0.3, 0.4) is 0 Å². The van der Waals surface area contributed by atoms with Crippen LogP contribution < -0.4 is 10.1 Å². The molecule has 0 fully saturated rings. The van der Waals surface area contributed by atoms with Crippen molar-refractivity contribution < 1.29 is 4.74 Å². The topological polar surface area (TPSA) is 34.1 Å². The SMILES string of the molecule is COc1cccc(NCc2cnc(C)s2)c1. The molecule has 0 spiro atoms. The van der Waals surface area contributed by atoms with Crippen molar-refractivity contribution >= 4 is 17.0 Å². The minimum Gasteiger partial charge on any atom is -0.497 e. The van der Waals surface area contributed by atoms with Crippen LogP contribution in [0.5, 0.6) is 5.75 Å². The predicted molar refractivity (Wildman–Crippen MR) is 67.2 cm³/mol. The molecule has 0 aliphatic heterocycles. The number of anilines is 1. The Morgan fingerprint density at radius 1 is 1.44 bits per heavy atom. The van der Waals surface area contributed by atoms with Crippen molar-refractivity contribution in [2.75, 3.05) is 12.4 Å². The van der Waals surface area contributed by atoms with Gasteiger partial charge in [-0.25, -0.2) is 4.98 Å². The lowest BCUT2D eigenvalue weighted by atomic mass is 10.3. The number of nitrogens with one attached hydrogen (secondary N) is 1. The van der Waals surface area contributed by atoms with Crippen molar-refractivity contribution in [3.8, 4) is 5.75 Å². The van der Waals surface area contributed by atoms with Gasteiger partial charge in [-0.3, -0.25) is 0 Å². The summed E-state index contributed by atoms with van der Waals surface area (Å²) in [5.41, 5.74) is 1.06. The molecule has 1 heterocycles. The van der Waals surface area contributed by atoms with E-state index in [9.17, 15) is 0 Å². The van der Waals surface area contributed by atoms with E-state index in [1.807, 2.05) is 37.4 Å². The summed E-state index contributed by atoms with van der Waals surface area (Å²) in [6.45, 7) is 2.82. The van der Waals surface area contributed by atoms with Crippen molar-refractivity contribution in [1.29, 1.82) is 0 Å².